The van der Waals surface area contributed by atoms with Gasteiger partial charge in [-0.25, -0.2) is 0 Å². The lowest BCUT2D eigenvalue weighted by atomic mass is 9.84. The van der Waals surface area contributed by atoms with Gasteiger partial charge in [0.25, 0.3) is 0 Å². The number of likely N-dealkylation sites (tertiary alicyclic amines) is 1. The Bertz CT molecular complexity index is 1170. The zero-order chi connectivity index (χ0) is 24.8. The van der Waals surface area contributed by atoms with Gasteiger partial charge < -0.3 is 19.7 Å². The molecule has 186 valence electrons. The summed E-state index contributed by atoms with van der Waals surface area (Å²) in [6.07, 6.45) is 1.74. The molecule has 0 saturated carbocycles. The van der Waals surface area contributed by atoms with E-state index < -0.39 is 0 Å². The molecule has 2 heterocycles. The number of carbonyl (C=O) groups is 2. The van der Waals surface area contributed by atoms with Gasteiger partial charge in [-0.3, -0.25) is 9.59 Å². The van der Waals surface area contributed by atoms with Gasteiger partial charge in [-0.2, -0.15) is 0 Å². The molecule has 6 nitrogen and oxygen atoms in total. The van der Waals surface area contributed by atoms with E-state index in [9.17, 15) is 9.59 Å². The van der Waals surface area contributed by atoms with Crippen LogP contribution in [-0.4, -0.2) is 36.4 Å². The van der Waals surface area contributed by atoms with Crippen molar-refractivity contribution >= 4 is 11.9 Å². The Balaban J connectivity index is 1.16. The van der Waals surface area contributed by atoms with E-state index in [0.717, 1.165) is 24.0 Å². The lowest BCUT2D eigenvalue weighted by Gasteiger charge is -2.39. The minimum absolute atomic E-state index is 0.0368. The molecule has 1 spiro atoms. The van der Waals surface area contributed by atoms with Gasteiger partial charge in [0, 0.05) is 19.1 Å². The molecular formula is C30H32N2O4. The molecule has 2 aliphatic heterocycles. The molecule has 2 aliphatic rings. The molecular weight excluding hydrogens is 452 g/mol. The molecule has 0 bridgehead atoms. The Hall–Kier alpha value is -3.48. The van der Waals surface area contributed by atoms with Crippen molar-refractivity contribution in [2.45, 2.75) is 44.1 Å². The number of esters is 1. The van der Waals surface area contributed by atoms with Crippen LogP contribution in [0.25, 0.3) is 0 Å². The van der Waals surface area contributed by atoms with Crippen LogP contribution in [0, 0.1) is 0 Å². The normalized spacial score (nSPS) is 16.9. The molecule has 1 amide bonds. The SMILES string of the molecule is O=C(CC(NCC(=O)N1CCC2(CC1)OCc1ccccc12)c1ccccc1)OCc1ccccc1. The summed E-state index contributed by atoms with van der Waals surface area (Å²) in [6, 6.07) is 27.4. The Kier molecular flexibility index (Phi) is 7.44. The second kappa shape index (κ2) is 11.1. The minimum atomic E-state index is -0.306. The highest BCUT2D eigenvalue weighted by molar-refractivity contribution is 5.78. The van der Waals surface area contributed by atoms with Gasteiger partial charge in [0.1, 0.15) is 6.61 Å². The van der Waals surface area contributed by atoms with E-state index in [1.54, 1.807) is 0 Å². The fourth-order valence-corrected chi connectivity index (χ4v) is 5.19. The van der Waals surface area contributed by atoms with Crippen LogP contribution in [0.2, 0.25) is 0 Å². The quantitative estimate of drug-likeness (QED) is 0.477. The standard InChI is InChI=1S/C30H32N2O4/c33-28(32-17-15-30(16-18-32)26-14-8-7-13-25(26)22-36-30)20-31-27(24-11-5-2-6-12-24)19-29(34)35-21-23-9-3-1-4-10-23/h1-14,27,31H,15-22H2. The van der Waals surface area contributed by atoms with Crippen LogP contribution >= 0.6 is 0 Å². The summed E-state index contributed by atoms with van der Waals surface area (Å²) in [5.41, 5.74) is 4.16. The number of piperidine rings is 1. The number of rotatable bonds is 8. The number of hydrogen-bond acceptors (Lipinski definition) is 5. The van der Waals surface area contributed by atoms with E-state index in [2.05, 4.69) is 23.5 Å². The first kappa shape index (κ1) is 24.2. The highest BCUT2D eigenvalue weighted by Crippen LogP contribution is 2.43. The van der Waals surface area contributed by atoms with Gasteiger partial charge in [0.05, 0.1) is 25.2 Å². The summed E-state index contributed by atoms with van der Waals surface area (Å²) in [7, 11) is 0. The Morgan fingerprint density at radius 3 is 2.33 bits per heavy atom. The topological polar surface area (TPSA) is 67.9 Å². The zero-order valence-electron chi connectivity index (χ0n) is 20.4. The Morgan fingerprint density at radius 1 is 0.917 bits per heavy atom. The number of nitrogens with zero attached hydrogens (tertiary/aromatic N) is 1. The molecule has 6 heteroatoms. The average molecular weight is 485 g/mol. The highest BCUT2D eigenvalue weighted by Gasteiger charge is 2.43. The molecule has 3 aromatic carbocycles. The number of carbonyl (C=O) groups excluding carboxylic acids is 2. The molecule has 3 aromatic rings. The molecule has 36 heavy (non-hydrogen) atoms. The second-order valence-corrected chi connectivity index (χ2v) is 9.52. The second-order valence-electron chi connectivity index (χ2n) is 9.52. The largest absolute Gasteiger partial charge is 0.461 e. The first-order valence-electron chi connectivity index (χ1n) is 12.6. The number of amides is 1. The minimum Gasteiger partial charge on any atom is -0.461 e. The van der Waals surface area contributed by atoms with Crippen LogP contribution in [-0.2, 0) is 37.9 Å². The predicted molar refractivity (Wildman–Crippen MR) is 137 cm³/mol. The summed E-state index contributed by atoms with van der Waals surface area (Å²) >= 11 is 0. The van der Waals surface area contributed by atoms with E-state index in [-0.39, 0.29) is 43.1 Å². The van der Waals surface area contributed by atoms with Crippen LogP contribution in [0.3, 0.4) is 0 Å². The molecule has 1 atom stereocenters. The average Bonchev–Trinajstić information content (AvgIpc) is 3.29. The highest BCUT2D eigenvalue weighted by atomic mass is 16.5. The molecule has 1 fully saturated rings. The van der Waals surface area contributed by atoms with E-state index in [4.69, 9.17) is 9.47 Å². The van der Waals surface area contributed by atoms with Gasteiger partial charge >= 0.3 is 5.97 Å². The lowest BCUT2D eigenvalue weighted by Crippen LogP contribution is -2.48. The smallest absolute Gasteiger partial charge is 0.308 e. The summed E-state index contributed by atoms with van der Waals surface area (Å²) in [5, 5.41) is 3.32. The lowest BCUT2D eigenvalue weighted by molar-refractivity contribution is -0.146. The summed E-state index contributed by atoms with van der Waals surface area (Å²) in [5.74, 6) is -0.265. The molecule has 5 rings (SSSR count). The van der Waals surface area contributed by atoms with Crippen molar-refractivity contribution in [3.05, 3.63) is 107 Å². The van der Waals surface area contributed by atoms with Crippen molar-refractivity contribution in [3.8, 4) is 0 Å². The fraction of sp³-hybridized carbons (Fsp3) is 0.333. The molecule has 1 N–H and O–H groups in total. The van der Waals surface area contributed by atoms with Crippen LogP contribution < -0.4 is 5.32 Å². The Labute approximate surface area is 212 Å². The van der Waals surface area contributed by atoms with Crippen LogP contribution in [0.1, 0.15) is 47.6 Å². The monoisotopic (exact) mass is 484 g/mol. The molecule has 1 saturated heterocycles. The maximum absolute atomic E-state index is 13.1. The van der Waals surface area contributed by atoms with E-state index in [1.807, 2.05) is 71.6 Å². The van der Waals surface area contributed by atoms with Crippen molar-refractivity contribution in [1.29, 1.82) is 0 Å². The third-order valence-electron chi connectivity index (χ3n) is 7.25. The van der Waals surface area contributed by atoms with Crippen molar-refractivity contribution in [1.82, 2.24) is 10.2 Å². The fourth-order valence-electron chi connectivity index (χ4n) is 5.19. The third-order valence-corrected chi connectivity index (χ3v) is 7.25. The first-order valence-corrected chi connectivity index (χ1v) is 12.6. The number of fused-ring (bicyclic) bond motifs is 2. The predicted octanol–water partition coefficient (Wildman–Crippen LogP) is 4.50. The summed E-state index contributed by atoms with van der Waals surface area (Å²) < 4.78 is 11.7. The number of ether oxygens (including phenoxy) is 2. The van der Waals surface area contributed by atoms with Crippen LogP contribution in [0.15, 0.2) is 84.9 Å². The first-order chi connectivity index (χ1) is 17.6. The third kappa shape index (κ3) is 5.50. The van der Waals surface area contributed by atoms with Gasteiger partial charge in [-0.15, -0.1) is 0 Å². The van der Waals surface area contributed by atoms with Crippen molar-refractivity contribution < 1.29 is 19.1 Å². The van der Waals surface area contributed by atoms with Gasteiger partial charge in [-0.1, -0.05) is 84.9 Å². The zero-order valence-corrected chi connectivity index (χ0v) is 20.4. The van der Waals surface area contributed by atoms with Crippen LogP contribution in [0.4, 0.5) is 0 Å². The summed E-state index contributed by atoms with van der Waals surface area (Å²) in [6.45, 7) is 2.36. The number of nitrogens with one attached hydrogen (secondary N) is 1. The van der Waals surface area contributed by atoms with E-state index in [0.29, 0.717) is 19.7 Å². The van der Waals surface area contributed by atoms with Crippen molar-refractivity contribution in [2.24, 2.45) is 0 Å². The van der Waals surface area contributed by atoms with Crippen LogP contribution in [0.5, 0.6) is 0 Å². The van der Waals surface area contributed by atoms with Crippen molar-refractivity contribution in [2.75, 3.05) is 19.6 Å². The van der Waals surface area contributed by atoms with Gasteiger partial charge in [-0.05, 0) is 35.1 Å². The van der Waals surface area contributed by atoms with Crippen molar-refractivity contribution in [3.63, 3.8) is 0 Å². The Morgan fingerprint density at radius 2 is 1.58 bits per heavy atom. The number of benzene rings is 3. The maximum Gasteiger partial charge on any atom is 0.308 e. The molecule has 0 radical (unpaired) electrons. The maximum atomic E-state index is 13.1. The summed E-state index contributed by atoms with van der Waals surface area (Å²) in [4.78, 5) is 27.6. The number of hydrogen-bond donors (Lipinski definition) is 1. The van der Waals surface area contributed by atoms with E-state index >= 15 is 0 Å². The molecule has 0 aromatic heterocycles. The van der Waals surface area contributed by atoms with E-state index in [1.165, 1.54) is 11.1 Å². The van der Waals surface area contributed by atoms with Gasteiger partial charge in [0.15, 0.2) is 0 Å². The molecule has 1 unspecified atom stereocenters. The van der Waals surface area contributed by atoms with Gasteiger partial charge in [0.2, 0.25) is 5.91 Å². The molecule has 0 aliphatic carbocycles.